The number of carbonyl (C=O) groups excluding carboxylic acids is 4. The van der Waals surface area contributed by atoms with Crippen molar-refractivity contribution in [1.29, 1.82) is 5.26 Å². The molecule has 3 atom stereocenters. The molecule has 1 aliphatic heterocycles. The van der Waals surface area contributed by atoms with Crippen LogP contribution in [0, 0.1) is 34.5 Å². The van der Waals surface area contributed by atoms with E-state index in [-0.39, 0.29) is 49.5 Å². The summed E-state index contributed by atoms with van der Waals surface area (Å²) in [5.74, 6) is -0.347. The van der Waals surface area contributed by atoms with Crippen molar-refractivity contribution in [2.24, 2.45) is 16.2 Å². The quantitative estimate of drug-likeness (QED) is 0.0526. The number of halogens is 1. The van der Waals surface area contributed by atoms with Gasteiger partial charge in [0, 0.05) is 34.1 Å². The average Bonchev–Trinajstić information content (AvgIpc) is 4.03. The van der Waals surface area contributed by atoms with Crippen LogP contribution in [-0.2, 0) is 19.1 Å². The molecule has 16 heteroatoms. The third-order valence-corrected chi connectivity index (χ3v) is 14.5. The minimum atomic E-state index is -1.16. The van der Waals surface area contributed by atoms with E-state index in [1.807, 2.05) is 64.1 Å². The highest BCUT2D eigenvalue weighted by Crippen LogP contribution is 2.55. The first-order chi connectivity index (χ1) is 33.2. The van der Waals surface area contributed by atoms with Crippen LogP contribution < -0.4 is 30.7 Å². The van der Waals surface area contributed by atoms with Gasteiger partial charge in [-0.1, -0.05) is 90.4 Å². The van der Waals surface area contributed by atoms with Crippen LogP contribution in [0.2, 0.25) is 5.02 Å². The van der Waals surface area contributed by atoms with Gasteiger partial charge in [0.05, 0.1) is 45.4 Å². The SMILES string of the molecule is Cc1ncsc1-c1ccc(C(NC(=O)C2CCCN2)C(=O)[C@@H](NC(=O)COCCOc2ccc(-c3ccc(C(=O)NC4C(C)(C)C(Oc5ccc(C#N)c(Cl)c5)C4(C)C)cc3)cc2)C(C)(C)C)cc1O. The maximum absolute atomic E-state index is 14.5. The molecule has 3 amide bonds. The van der Waals surface area contributed by atoms with Crippen LogP contribution in [0.15, 0.2) is 90.4 Å². The molecule has 1 aliphatic carbocycles. The molecule has 0 bridgehead atoms. The normalized spacial score (nSPS) is 18.9. The van der Waals surface area contributed by atoms with Gasteiger partial charge in [0.15, 0.2) is 5.78 Å². The molecule has 1 aromatic heterocycles. The highest BCUT2D eigenvalue weighted by molar-refractivity contribution is 7.13. The topological polar surface area (TPSA) is 201 Å². The van der Waals surface area contributed by atoms with E-state index in [1.54, 1.807) is 48.0 Å². The van der Waals surface area contributed by atoms with E-state index in [2.05, 4.69) is 60.0 Å². The summed E-state index contributed by atoms with van der Waals surface area (Å²) in [6.07, 6.45) is 1.24. The number of amides is 3. The smallest absolute Gasteiger partial charge is 0.251 e. The predicted octanol–water partition coefficient (Wildman–Crippen LogP) is 8.73. The lowest BCUT2D eigenvalue weighted by molar-refractivity contribution is -0.164. The van der Waals surface area contributed by atoms with Crippen molar-refractivity contribution in [3.8, 4) is 44.9 Å². The lowest BCUT2D eigenvalue weighted by atomic mass is 9.49. The number of ketones is 1. The molecule has 0 spiro atoms. The highest BCUT2D eigenvalue weighted by atomic mass is 35.5. The van der Waals surface area contributed by atoms with Crippen LogP contribution in [0.4, 0.5) is 0 Å². The molecule has 1 saturated heterocycles. The Balaban J connectivity index is 0.892. The molecule has 0 radical (unpaired) electrons. The number of aromatic nitrogens is 1. The van der Waals surface area contributed by atoms with Gasteiger partial charge in [-0.25, -0.2) is 4.98 Å². The average molecular weight is 990 g/mol. The number of hydrogen-bond donors (Lipinski definition) is 5. The monoisotopic (exact) mass is 988 g/mol. The van der Waals surface area contributed by atoms with E-state index in [0.717, 1.165) is 28.1 Å². The first kappa shape index (κ1) is 51.5. The predicted molar refractivity (Wildman–Crippen MR) is 270 cm³/mol. The molecule has 70 heavy (non-hydrogen) atoms. The van der Waals surface area contributed by atoms with Crippen molar-refractivity contribution in [3.63, 3.8) is 0 Å². The molecule has 5 N–H and O–H groups in total. The zero-order chi connectivity index (χ0) is 50.5. The molecule has 4 aromatic carbocycles. The number of rotatable bonds is 18. The fourth-order valence-electron chi connectivity index (χ4n) is 9.79. The number of aromatic hydroxyl groups is 1. The van der Waals surface area contributed by atoms with Crippen LogP contribution >= 0.6 is 22.9 Å². The second-order valence-corrected chi connectivity index (χ2v) is 21.5. The fraction of sp³-hybridized carbons (Fsp3) is 0.407. The Kier molecular flexibility index (Phi) is 15.7. The Morgan fingerprint density at radius 1 is 0.929 bits per heavy atom. The number of nitriles is 1. The third-order valence-electron chi connectivity index (χ3n) is 13.2. The second kappa shape index (κ2) is 21.4. The molecule has 368 valence electrons. The van der Waals surface area contributed by atoms with Crippen LogP contribution in [0.1, 0.15) is 94.5 Å². The standard InChI is InChI=1S/C54H61ClN6O8S/c1-31-46(70-30-58-31)39-22-18-35(26-42(39)62)44(60-49(66)41-10-9-23-57-41)45(64)47(52(2,3)4)59-43(63)29-67-24-25-68-37-19-15-33(16-20-37)32-11-13-34(14-12-32)48(65)61-50-53(5,6)51(54(50,7)8)69-38-21-17-36(28-56)40(55)27-38/h11-22,26-27,30,41,44,47,50-51,57,62H,9-10,23-25,29H2,1-8H3,(H,59,63)(H,60,66)(H,61,65)/t41?,44?,47-,50?,51?/m1/s1. The summed E-state index contributed by atoms with van der Waals surface area (Å²) >= 11 is 7.64. The Morgan fingerprint density at radius 3 is 2.19 bits per heavy atom. The lowest BCUT2D eigenvalue weighted by Crippen LogP contribution is -2.74. The first-order valence-corrected chi connectivity index (χ1v) is 24.6. The first-order valence-electron chi connectivity index (χ1n) is 23.4. The summed E-state index contributed by atoms with van der Waals surface area (Å²) in [6, 6.07) is 24.1. The van der Waals surface area contributed by atoms with E-state index >= 15 is 0 Å². The number of phenols is 1. The van der Waals surface area contributed by atoms with Gasteiger partial charge in [-0.2, -0.15) is 5.26 Å². The van der Waals surface area contributed by atoms with Gasteiger partial charge in [-0.05, 0) is 96.9 Å². The van der Waals surface area contributed by atoms with Crippen molar-refractivity contribution in [3.05, 3.63) is 118 Å². The fourth-order valence-corrected chi connectivity index (χ4v) is 10.8. The van der Waals surface area contributed by atoms with Crippen LogP contribution in [0.3, 0.4) is 0 Å². The molecule has 2 fully saturated rings. The Hall–Kier alpha value is -6.31. The van der Waals surface area contributed by atoms with Crippen molar-refractivity contribution in [1.82, 2.24) is 26.3 Å². The van der Waals surface area contributed by atoms with E-state index in [9.17, 15) is 29.5 Å². The summed E-state index contributed by atoms with van der Waals surface area (Å²) in [4.78, 5) is 59.8. The summed E-state index contributed by atoms with van der Waals surface area (Å²) in [6.45, 7) is 16.2. The molecule has 7 rings (SSSR count). The van der Waals surface area contributed by atoms with Crippen molar-refractivity contribution >= 4 is 46.4 Å². The summed E-state index contributed by atoms with van der Waals surface area (Å²) in [7, 11) is 0. The Bertz CT molecular complexity index is 2740. The molecule has 14 nitrogen and oxygen atoms in total. The van der Waals surface area contributed by atoms with Gasteiger partial charge in [-0.3, -0.25) is 19.2 Å². The van der Waals surface area contributed by atoms with E-state index in [4.69, 9.17) is 25.8 Å². The van der Waals surface area contributed by atoms with Crippen LogP contribution in [-0.4, -0.2) is 84.2 Å². The van der Waals surface area contributed by atoms with Gasteiger partial charge in [0.1, 0.15) is 48.7 Å². The number of Topliss-reactive ketones (excluding diaryl/α,β-unsaturated/α-hetero) is 1. The molecule has 2 heterocycles. The number of hydrogen-bond acceptors (Lipinski definition) is 12. The number of nitrogens with one attached hydrogen (secondary N) is 4. The van der Waals surface area contributed by atoms with E-state index in [0.29, 0.717) is 51.7 Å². The minimum Gasteiger partial charge on any atom is -0.507 e. The van der Waals surface area contributed by atoms with Crippen molar-refractivity contribution in [2.75, 3.05) is 26.4 Å². The third kappa shape index (κ3) is 11.5. The van der Waals surface area contributed by atoms with Crippen LogP contribution in [0.5, 0.6) is 17.2 Å². The largest absolute Gasteiger partial charge is 0.507 e. The molecule has 5 aromatic rings. The second-order valence-electron chi connectivity index (χ2n) is 20.2. The van der Waals surface area contributed by atoms with Gasteiger partial charge in [-0.15, -0.1) is 11.3 Å². The molecular weight excluding hydrogens is 928 g/mol. The molecular formula is C54H61ClN6O8S. The van der Waals surface area contributed by atoms with Gasteiger partial charge >= 0.3 is 0 Å². The molecule has 1 saturated carbocycles. The number of ether oxygens (including phenoxy) is 3. The zero-order valence-electron chi connectivity index (χ0n) is 40.8. The van der Waals surface area contributed by atoms with E-state index in [1.165, 1.54) is 17.4 Å². The van der Waals surface area contributed by atoms with Crippen molar-refractivity contribution in [2.45, 2.75) is 98.5 Å². The maximum atomic E-state index is 14.5. The van der Waals surface area contributed by atoms with E-state index < -0.39 is 46.1 Å². The Labute approximate surface area is 418 Å². The Morgan fingerprint density at radius 2 is 1.60 bits per heavy atom. The molecule has 2 unspecified atom stereocenters. The minimum absolute atomic E-state index is 0.0539. The van der Waals surface area contributed by atoms with Gasteiger partial charge in [0.2, 0.25) is 11.8 Å². The summed E-state index contributed by atoms with van der Waals surface area (Å²) < 4.78 is 17.9. The number of nitrogens with zero attached hydrogens (tertiary/aromatic N) is 2. The number of benzene rings is 4. The molecule has 2 aliphatic rings. The van der Waals surface area contributed by atoms with Crippen molar-refractivity contribution < 1.29 is 38.5 Å². The van der Waals surface area contributed by atoms with Gasteiger partial charge < -0.3 is 40.6 Å². The van der Waals surface area contributed by atoms with Crippen LogP contribution in [0.25, 0.3) is 21.6 Å². The van der Waals surface area contributed by atoms with Gasteiger partial charge in [0.25, 0.3) is 5.91 Å². The lowest BCUT2D eigenvalue weighted by Gasteiger charge is -2.63. The number of thiazole rings is 1. The highest BCUT2D eigenvalue weighted by Gasteiger charge is 2.64. The number of carbonyl (C=O) groups is 4. The zero-order valence-corrected chi connectivity index (χ0v) is 42.3. The summed E-state index contributed by atoms with van der Waals surface area (Å²) in [5.41, 5.74) is 4.62. The number of phenolic OH excluding ortho intramolecular Hbond substituents is 1. The summed E-state index contributed by atoms with van der Waals surface area (Å²) in [5, 5.41) is 32.9. The maximum Gasteiger partial charge on any atom is 0.251 e. The number of aryl methyl sites for hydroxylation is 1.